The summed E-state index contributed by atoms with van der Waals surface area (Å²) in [6.45, 7) is 2.07. The molecule has 8 nitrogen and oxygen atoms in total. The van der Waals surface area contributed by atoms with Gasteiger partial charge < -0.3 is 24.1 Å². The topological polar surface area (TPSA) is 95.7 Å². The molecular formula is C21H23N3O5. The van der Waals surface area contributed by atoms with E-state index in [1.54, 1.807) is 39.3 Å². The molecule has 0 spiro atoms. The molecule has 8 heteroatoms. The SMILES string of the molecule is COc1ccc(-c2noc([C@@H](C)NC(=O)COCc3ccccc3)n2)cc1OC. The van der Waals surface area contributed by atoms with Crippen LogP contribution in [0.15, 0.2) is 53.1 Å². The lowest BCUT2D eigenvalue weighted by Gasteiger charge is -2.10. The van der Waals surface area contributed by atoms with E-state index < -0.39 is 6.04 Å². The van der Waals surface area contributed by atoms with Gasteiger partial charge in [-0.2, -0.15) is 4.98 Å². The van der Waals surface area contributed by atoms with Gasteiger partial charge in [-0.1, -0.05) is 35.5 Å². The zero-order valence-electron chi connectivity index (χ0n) is 16.5. The molecule has 3 aromatic rings. The van der Waals surface area contributed by atoms with Crippen LogP contribution in [0.5, 0.6) is 11.5 Å². The normalized spacial score (nSPS) is 11.7. The van der Waals surface area contributed by atoms with Crippen LogP contribution in [0, 0.1) is 0 Å². The van der Waals surface area contributed by atoms with Gasteiger partial charge in [0.2, 0.25) is 17.6 Å². The van der Waals surface area contributed by atoms with Crippen molar-refractivity contribution in [2.45, 2.75) is 19.6 Å². The van der Waals surface area contributed by atoms with Crippen LogP contribution in [0.3, 0.4) is 0 Å². The Bertz CT molecular complexity index is 942. The monoisotopic (exact) mass is 397 g/mol. The van der Waals surface area contributed by atoms with E-state index in [1.165, 1.54) is 0 Å². The highest BCUT2D eigenvalue weighted by atomic mass is 16.5. The molecule has 1 aromatic heterocycles. The van der Waals surface area contributed by atoms with E-state index in [2.05, 4.69) is 15.5 Å². The highest BCUT2D eigenvalue weighted by Gasteiger charge is 2.18. The maximum atomic E-state index is 12.1. The second-order valence-corrected chi connectivity index (χ2v) is 6.29. The Morgan fingerprint density at radius 2 is 1.86 bits per heavy atom. The molecule has 1 heterocycles. The highest BCUT2D eigenvalue weighted by molar-refractivity contribution is 5.77. The Morgan fingerprint density at radius 1 is 1.10 bits per heavy atom. The van der Waals surface area contributed by atoms with Crippen molar-refractivity contribution in [2.75, 3.05) is 20.8 Å². The van der Waals surface area contributed by atoms with Crippen LogP contribution in [-0.2, 0) is 16.1 Å². The number of carbonyl (C=O) groups excluding carboxylic acids is 1. The second-order valence-electron chi connectivity index (χ2n) is 6.29. The molecule has 0 radical (unpaired) electrons. The van der Waals surface area contributed by atoms with E-state index in [0.29, 0.717) is 35.4 Å². The van der Waals surface area contributed by atoms with E-state index >= 15 is 0 Å². The zero-order valence-corrected chi connectivity index (χ0v) is 16.5. The molecule has 0 aliphatic heterocycles. The van der Waals surface area contributed by atoms with Crippen molar-refractivity contribution in [2.24, 2.45) is 0 Å². The van der Waals surface area contributed by atoms with Crippen molar-refractivity contribution in [1.82, 2.24) is 15.5 Å². The van der Waals surface area contributed by atoms with Crippen molar-refractivity contribution in [3.63, 3.8) is 0 Å². The Morgan fingerprint density at radius 3 is 2.59 bits per heavy atom. The first-order valence-electron chi connectivity index (χ1n) is 9.07. The fourth-order valence-corrected chi connectivity index (χ4v) is 2.68. The molecule has 1 N–H and O–H groups in total. The largest absolute Gasteiger partial charge is 0.493 e. The summed E-state index contributed by atoms with van der Waals surface area (Å²) in [5.74, 6) is 1.59. The lowest BCUT2D eigenvalue weighted by atomic mass is 10.2. The van der Waals surface area contributed by atoms with Crippen LogP contribution in [0.2, 0.25) is 0 Å². The van der Waals surface area contributed by atoms with E-state index in [1.807, 2.05) is 30.3 Å². The van der Waals surface area contributed by atoms with E-state index in [0.717, 1.165) is 5.56 Å². The second kappa shape index (κ2) is 9.70. The maximum absolute atomic E-state index is 12.1. The molecule has 2 aromatic carbocycles. The lowest BCUT2D eigenvalue weighted by Crippen LogP contribution is -2.30. The third-order valence-electron chi connectivity index (χ3n) is 4.18. The number of amides is 1. The van der Waals surface area contributed by atoms with Gasteiger partial charge in [0.1, 0.15) is 12.6 Å². The average molecular weight is 397 g/mol. The first kappa shape index (κ1) is 20.3. The number of nitrogens with one attached hydrogen (secondary N) is 1. The maximum Gasteiger partial charge on any atom is 0.249 e. The van der Waals surface area contributed by atoms with Crippen molar-refractivity contribution in [3.8, 4) is 22.9 Å². The summed E-state index contributed by atoms with van der Waals surface area (Å²) in [4.78, 5) is 16.5. The van der Waals surface area contributed by atoms with Gasteiger partial charge in [-0.3, -0.25) is 4.79 Å². The summed E-state index contributed by atoms with van der Waals surface area (Å²) in [5.41, 5.74) is 1.71. The van der Waals surface area contributed by atoms with Gasteiger partial charge in [-0.05, 0) is 30.7 Å². The zero-order chi connectivity index (χ0) is 20.6. The number of methoxy groups -OCH3 is 2. The molecule has 0 saturated heterocycles. The minimum atomic E-state index is -0.454. The average Bonchev–Trinajstić information content (AvgIpc) is 3.24. The van der Waals surface area contributed by atoms with Gasteiger partial charge in [0, 0.05) is 5.56 Å². The minimum absolute atomic E-state index is 0.0596. The first-order chi connectivity index (χ1) is 14.1. The summed E-state index contributed by atoms with van der Waals surface area (Å²) in [5, 5.41) is 6.77. The summed E-state index contributed by atoms with van der Waals surface area (Å²) in [6.07, 6.45) is 0. The molecule has 0 aliphatic carbocycles. The molecule has 0 saturated carbocycles. The molecular weight excluding hydrogens is 374 g/mol. The highest BCUT2D eigenvalue weighted by Crippen LogP contribution is 2.31. The third kappa shape index (κ3) is 5.32. The van der Waals surface area contributed by atoms with Crippen LogP contribution in [0.25, 0.3) is 11.4 Å². The van der Waals surface area contributed by atoms with Crippen molar-refractivity contribution in [1.29, 1.82) is 0 Å². The number of hydrogen-bond donors (Lipinski definition) is 1. The Labute approximate surface area is 168 Å². The molecule has 152 valence electrons. The van der Waals surface area contributed by atoms with Gasteiger partial charge in [-0.15, -0.1) is 0 Å². The quantitative estimate of drug-likeness (QED) is 0.592. The van der Waals surface area contributed by atoms with Gasteiger partial charge in [0.15, 0.2) is 11.5 Å². The predicted octanol–water partition coefficient (Wildman–Crippen LogP) is 3.15. The Hall–Kier alpha value is -3.39. The van der Waals surface area contributed by atoms with Gasteiger partial charge in [-0.25, -0.2) is 0 Å². The lowest BCUT2D eigenvalue weighted by molar-refractivity contribution is -0.126. The third-order valence-corrected chi connectivity index (χ3v) is 4.18. The van der Waals surface area contributed by atoms with E-state index in [-0.39, 0.29) is 12.5 Å². The number of aromatic nitrogens is 2. The Balaban J connectivity index is 1.56. The van der Waals surface area contributed by atoms with Gasteiger partial charge in [0.05, 0.1) is 20.8 Å². The fraction of sp³-hybridized carbons (Fsp3) is 0.286. The molecule has 29 heavy (non-hydrogen) atoms. The molecule has 0 fully saturated rings. The minimum Gasteiger partial charge on any atom is -0.493 e. The molecule has 0 unspecified atom stereocenters. The number of rotatable bonds is 9. The first-order valence-corrected chi connectivity index (χ1v) is 9.07. The Kier molecular flexibility index (Phi) is 6.80. The number of benzene rings is 2. The number of carbonyl (C=O) groups is 1. The van der Waals surface area contributed by atoms with Crippen LogP contribution in [-0.4, -0.2) is 36.9 Å². The molecule has 3 rings (SSSR count). The number of ether oxygens (including phenoxy) is 3. The van der Waals surface area contributed by atoms with Crippen molar-refractivity contribution < 1.29 is 23.5 Å². The standard InChI is InChI=1S/C21H23N3O5/c1-14(22-19(25)13-28-12-15-7-5-4-6-8-15)21-23-20(24-29-21)16-9-10-17(26-2)18(11-16)27-3/h4-11,14H,12-13H2,1-3H3,(H,22,25)/t14-/m1/s1. The number of hydrogen-bond acceptors (Lipinski definition) is 7. The van der Waals surface area contributed by atoms with Crippen molar-refractivity contribution in [3.05, 3.63) is 60.0 Å². The van der Waals surface area contributed by atoms with Crippen LogP contribution < -0.4 is 14.8 Å². The van der Waals surface area contributed by atoms with Crippen molar-refractivity contribution >= 4 is 5.91 Å². The smallest absolute Gasteiger partial charge is 0.249 e. The van der Waals surface area contributed by atoms with Gasteiger partial charge in [0.25, 0.3) is 0 Å². The summed E-state index contributed by atoms with van der Waals surface area (Å²) in [6, 6.07) is 14.5. The van der Waals surface area contributed by atoms with Gasteiger partial charge >= 0.3 is 0 Å². The summed E-state index contributed by atoms with van der Waals surface area (Å²) < 4.78 is 21.3. The van der Waals surface area contributed by atoms with Crippen LogP contribution in [0.1, 0.15) is 24.4 Å². The molecule has 0 bridgehead atoms. The van der Waals surface area contributed by atoms with Crippen LogP contribution >= 0.6 is 0 Å². The van der Waals surface area contributed by atoms with Crippen LogP contribution in [0.4, 0.5) is 0 Å². The predicted molar refractivity (Wildman–Crippen MR) is 105 cm³/mol. The van der Waals surface area contributed by atoms with E-state index in [4.69, 9.17) is 18.7 Å². The molecule has 1 amide bonds. The number of nitrogens with zero attached hydrogens (tertiary/aromatic N) is 2. The summed E-state index contributed by atoms with van der Waals surface area (Å²) in [7, 11) is 3.12. The molecule has 1 atom stereocenters. The molecule has 0 aliphatic rings. The van der Waals surface area contributed by atoms with E-state index in [9.17, 15) is 4.79 Å². The fourth-order valence-electron chi connectivity index (χ4n) is 2.68. The summed E-state index contributed by atoms with van der Waals surface area (Å²) >= 11 is 0.